The maximum atomic E-state index is 12.2. The second-order valence-electron chi connectivity index (χ2n) is 5.96. The Morgan fingerprint density at radius 3 is 2.87 bits per heavy atom. The second kappa shape index (κ2) is 7.04. The average molecular weight is 327 g/mol. The topological polar surface area (TPSA) is 49.0 Å². The summed E-state index contributed by atoms with van der Waals surface area (Å²) >= 11 is 1.77. The van der Waals surface area contributed by atoms with Crippen molar-refractivity contribution in [3.63, 3.8) is 0 Å². The van der Waals surface area contributed by atoms with Gasteiger partial charge in [-0.15, -0.1) is 11.8 Å². The molecule has 120 valence electrons. The van der Waals surface area contributed by atoms with Crippen molar-refractivity contribution in [1.82, 2.24) is 15.1 Å². The standard InChI is InChI=1S/C18H21N3OS/c1-13(2)10-18(22)21-9-8-16-15(11-21)17(20-19-16)12-23-14-6-4-3-5-7-14/h3-7,10H,8-9,11-12H2,1-2H3,(H,19,20). The molecular weight excluding hydrogens is 306 g/mol. The van der Waals surface area contributed by atoms with E-state index < -0.39 is 0 Å². The van der Waals surface area contributed by atoms with Crippen molar-refractivity contribution >= 4 is 17.7 Å². The van der Waals surface area contributed by atoms with E-state index in [0.29, 0.717) is 6.54 Å². The fourth-order valence-electron chi connectivity index (χ4n) is 2.67. The normalized spacial score (nSPS) is 13.6. The lowest BCUT2D eigenvalue weighted by Crippen LogP contribution is -2.35. The van der Waals surface area contributed by atoms with Gasteiger partial charge in [-0.25, -0.2) is 0 Å². The average Bonchev–Trinajstić information content (AvgIpc) is 2.95. The molecule has 3 rings (SSSR count). The summed E-state index contributed by atoms with van der Waals surface area (Å²) in [6.07, 6.45) is 2.56. The maximum Gasteiger partial charge on any atom is 0.246 e. The fourth-order valence-corrected chi connectivity index (χ4v) is 3.56. The third-order valence-electron chi connectivity index (χ3n) is 3.86. The molecular formula is C18H21N3OS. The highest BCUT2D eigenvalue weighted by Gasteiger charge is 2.24. The third kappa shape index (κ3) is 3.85. The number of rotatable bonds is 4. The van der Waals surface area contributed by atoms with Gasteiger partial charge in [0.1, 0.15) is 0 Å². The van der Waals surface area contributed by atoms with Crippen molar-refractivity contribution in [2.24, 2.45) is 0 Å². The summed E-state index contributed by atoms with van der Waals surface area (Å²) in [5.41, 5.74) is 4.46. The van der Waals surface area contributed by atoms with Crippen LogP contribution in [0, 0.1) is 0 Å². The van der Waals surface area contributed by atoms with Crippen LogP contribution in [0.1, 0.15) is 30.8 Å². The Labute approximate surface area is 141 Å². The molecule has 0 saturated heterocycles. The van der Waals surface area contributed by atoms with Crippen molar-refractivity contribution in [2.75, 3.05) is 6.54 Å². The smallest absolute Gasteiger partial charge is 0.246 e. The Balaban J connectivity index is 1.71. The van der Waals surface area contributed by atoms with E-state index in [2.05, 4.69) is 22.3 Å². The van der Waals surface area contributed by atoms with E-state index >= 15 is 0 Å². The van der Waals surface area contributed by atoms with E-state index in [9.17, 15) is 4.79 Å². The van der Waals surface area contributed by atoms with Crippen LogP contribution in [0.25, 0.3) is 0 Å². The predicted octanol–water partition coefficient (Wildman–Crippen LogP) is 3.55. The van der Waals surface area contributed by atoms with Crippen molar-refractivity contribution in [1.29, 1.82) is 0 Å². The first-order valence-corrected chi connectivity index (χ1v) is 8.78. The highest BCUT2D eigenvalue weighted by molar-refractivity contribution is 7.98. The number of aromatic nitrogens is 2. The van der Waals surface area contributed by atoms with Crippen molar-refractivity contribution in [3.05, 3.63) is 58.9 Å². The Kier molecular flexibility index (Phi) is 4.86. The Morgan fingerprint density at radius 1 is 1.35 bits per heavy atom. The number of aromatic amines is 1. The van der Waals surface area contributed by atoms with Gasteiger partial charge >= 0.3 is 0 Å². The van der Waals surface area contributed by atoms with Crippen LogP contribution in [0.3, 0.4) is 0 Å². The van der Waals surface area contributed by atoms with Crippen molar-refractivity contribution < 1.29 is 4.79 Å². The SMILES string of the molecule is CC(C)=CC(=O)N1CCc2[nH]nc(CSc3ccccc3)c2C1. The fraction of sp³-hybridized carbons (Fsp3) is 0.333. The molecule has 1 aliphatic rings. The first kappa shape index (κ1) is 15.9. The lowest BCUT2D eigenvalue weighted by molar-refractivity contribution is -0.126. The van der Waals surface area contributed by atoms with Crippen LogP contribution in [0.5, 0.6) is 0 Å². The molecule has 5 heteroatoms. The number of thioether (sulfide) groups is 1. The number of carbonyl (C=O) groups excluding carboxylic acids is 1. The molecule has 0 aliphatic carbocycles. The second-order valence-corrected chi connectivity index (χ2v) is 7.01. The summed E-state index contributed by atoms with van der Waals surface area (Å²) in [4.78, 5) is 15.4. The monoisotopic (exact) mass is 327 g/mol. The minimum atomic E-state index is 0.0958. The van der Waals surface area contributed by atoms with E-state index in [4.69, 9.17) is 0 Å². The molecule has 1 aliphatic heterocycles. The van der Waals surface area contributed by atoms with Gasteiger partial charge in [0.2, 0.25) is 5.91 Å². The molecule has 0 bridgehead atoms. The number of hydrogen-bond donors (Lipinski definition) is 1. The molecule has 0 radical (unpaired) electrons. The largest absolute Gasteiger partial charge is 0.334 e. The summed E-state index contributed by atoms with van der Waals surface area (Å²) in [6.45, 7) is 5.31. The first-order valence-electron chi connectivity index (χ1n) is 7.80. The molecule has 1 amide bonds. The van der Waals surface area contributed by atoms with Crippen LogP contribution in [0.4, 0.5) is 0 Å². The number of hydrogen-bond acceptors (Lipinski definition) is 3. The molecule has 2 heterocycles. The molecule has 1 N–H and O–H groups in total. The van der Waals surface area contributed by atoms with E-state index in [0.717, 1.165) is 30.0 Å². The molecule has 23 heavy (non-hydrogen) atoms. The number of allylic oxidation sites excluding steroid dienone is 1. The molecule has 0 atom stereocenters. The van der Waals surface area contributed by atoms with E-state index in [1.165, 1.54) is 16.2 Å². The first-order chi connectivity index (χ1) is 11.1. The van der Waals surface area contributed by atoms with E-state index in [1.54, 1.807) is 17.8 Å². The van der Waals surface area contributed by atoms with Gasteiger partial charge in [0.15, 0.2) is 0 Å². The maximum absolute atomic E-state index is 12.2. The molecule has 0 fully saturated rings. The minimum Gasteiger partial charge on any atom is -0.334 e. The van der Waals surface area contributed by atoms with Gasteiger partial charge < -0.3 is 4.90 Å². The van der Waals surface area contributed by atoms with Crippen LogP contribution >= 0.6 is 11.8 Å². The Bertz CT molecular complexity index is 717. The summed E-state index contributed by atoms with van der Waals surface area (Å²) in [5.74, 6) is 0.916. The number of fused-ring (bicyclic) bond motifs is 1. The predicted molar refractivity (Wildman–Crippen MR) is 93.1 cm³/mol. The van der Waals surface area contributed by atoms with Gasteiger partial charge in [-0.3, -0.25) is 9.89 Å². The number of amides is 1. The number of nitrogens with zero attached hydrogens (tertiary/aromatic N) is 2. The number of H-pyrrole nitrogens is 1. The number of benzene rings is 1. The minimum absolute atomic E-state index is 0.0958. The van der Waals surface area contributed by atoms with Gasteiger partial charge in [-0.2, -0.15) is 5.10 Å². The summed E-state index contributed by atoms with van der Waals surface area (Å²) in [5, 5.41) is 7.61. The van der Waals surface area contributed by atoms with Crippen LogP contribution in [-0.2, 0) is 23.5 Å². The lowest BCUT2D eigenvalue weighted by Gasteiger charge is -2.26. The Morgan fingerprint density at radius 2 is 2.13 bits per heavy atom. The van der Waals surface area contributed by atoms with Gasteiger partial charge in [-0.1, -0.05) is 23.8 Å². The van der Waals surface area contributed by atoms with Crippen molar-refractivity contribution in [3.8, 4) is 0 Å². The van der Waals surface area contributed by atoms with Gasteiger partial charge in [-0.05, 0) is 26.0 Å². The van der Waals surface area contributed by atoms with Crippen LogP contribution in [0.15, 0.2) is 46.9 Å². The summed E-state index contributed by atoms with van der Waals surface area (Å²) in [7, 11) is 0. The van der Waals surface area contributed by atoms with Gasteiger partial charge in [0.25, 0.3) is 0 Å². The Hall–Kier alpha value is -2.01. The highest BCUT2D eigenvalue weighted by Crippen LogP contribution is 2.27. The van der Waals surface area contributed by atoms with Gasteiger partial charge in [0.05, 0.1) is 5.69 Å². The molecule has 0 unspecified atom stereocenters. The molecule has 0 saturated carbocycles. The number of carbonyl (C=O) groups is 1. The van der Waals surface area contributed by atoms with Crippen LogP contribution in [0.2, 0.25) is 0 Å². The van der Waals surface area contributed by atoms with Crippen molar-refractivity contribution in [2.45, 2.75) is 37.5 Å². The van der Waals surface area contributed by atoms with Crippen LogP contribution < -0.4 is 0 Å². The summed E-state index contributed by atoms with van der Waals surface area (Å²) in [6, 6.07) is 10.3. The van der Waals surface area contributed by atoms with E-state index in [1.807, 2.05) is 36.9 Å². The molecule has 0 spiro atoms. The van der Waals surface area contributed by atoms with Gasteiger partial charge in [0, 0.05) is 47.5 Å². The molecule has 1 aromatic heterocycles. The molecule has 4 nitrogen and oxygen atoms in total. The van der Waals surface area contributed by atoms with E-state index in [-0.39, 0.29) is 5.91 Å². The van der Waals surface area contributed by atoms with Crippen LogP contribution in [-0.4, -0.2) is 27.5 Å². The quantitative estimate of drug-likeness (QED) is 0.690. The zero-order valence-electron chi connectivity index (χ0n) is 13.5. The lowest BCUT2D eigenvalue weighted by atomic mass is 10.1. The highest BCUT2D eigenvalue weighted by atomic mass is 32.2. The number of nitrogens with one attached hydrogen (secondary N) is 1. The molecule has 1 aromatic carbocycles. The summed E-state index contributed by atoms with van der Waals surface area (Å²) < 4.78 is 0. The molecule has 2 aromatic rings. The zero-order valence-corrected chi connectivity index (χ0v) is 14.3. The zero-order chi connectivity index (χ0) is 16.2. The third-order valence-corrected chi connectivity index (χ3v) is 4.88.